The summed E-state index contributed by atoms with van der Waals surface area (Å²) >= 11 is 0. The minimum Gasteiger partial charge on any atom is -0.369 e. The van der Waals surface area contributed by atoms with E-state index < -0.39 is 46.9 Å². The summed E-state index contributed by atoms with van der Waals surface area (Å²) in [5.74, 6) is 3.23. The summed E-state index contributed by atoms with van der Waals surface area (Å²) in [4.78, 5) is 69.2. The molecular formula is C34H30FN7O5. The molecule has 1 atom stereocenters. The summed E-state index contributed by atoms with van der Waals surface area (Å²) in [5, 5.41) is 9.32. The summed E-state index contributed by atoms with van der Waals surface area (Å²) in [6.45, 7) is 11.8. The van der Waals surface area contributed by atoms with E-state index in [1.54, 1.807) is 49.1 Å². The average molecular weight is 636 g/mol. The number of nitrogens with one attached hydrogen (secondary N) is 2. The highest BCUT2D eigenvalue weighted by Gasteiger charge is 2.44. The van der Waals surface area contributed by atoms with Crippen molar-refractivity contribution >= 4 is 46.6 Å². The molecule has 2 aromatic carbocycles. The Kier molecular flexibility index (Phi) is 8.07. The van der Waals surface area contributed by atoms with Crippen LogP contribution in [0.1, 0.15) is 65.8 Å². The summed E-state index contributed by atoms with van der Waals surface area (Å²) in [5.41, 5.74) is 0.891. The average Bonchev–Trinajstić information content (AvgIpc) is 3.64. The van der Waals surface area contributed by atoms with Gasteiger partial charge in [-0.2, -0.15) is 5.10 Å². The summed E-state index contributed by atoms with van der Waals surface area (Å²) < 4.78 is 15.6. The minimum absolute atomic E-state index is 0.0573. The molecule has 0 spiro atoms. The van der Waals surface area contributed by atoms with Crippen LogP contribution in [0.5, 0.6) is 0 Å². The molecule has 3 aliphatic rings. The quantitative estimate of drug-likeness (QED) is 0.248. The van der Waals surface area contributed by atoms with Crippen LogP contribution >= 0.6 is 0 Å². The third-order valence-electron chi connectivity index (χ3n) is 8.74. The second kappa shape index (κ2) is 12.2. The molecule has 0 saturated carbocycles. The smallest absolute Gasteiger partial charge is 0.262 e. The Hall–Kier alpha value is -5.82. The number of piperidine rings is 2. The Morgan fingerprint density at radius 2 is 1.81 bits per heavy atom. The molecule has 47 heavy (non-hydrogen) atoms. The number of anilines is 2. The lowest BCUT2D eigenvalue weighted by Crippen LogP contribution is -2.54. The number of aromatic nitrogens is 2. The predicted molar refractivity (Wildman–Crippen MR) is 168 cm³/mol. The SMILES string of the molecule is [C-]#[N+]c1ccc(NC(=O)C(C)(C)n2cc(N3CCC(C#Cc4ccc5c(c4)C(=O)N(C4CCC(=O)NC4=O)C5=O)CC3)cn2)cc1F. The number of hydrogen-bond acceptors (Lipinski definition) is 7. The molecule has 3 aromatic rings. The molecule has 1 aromatic heterocycles. The van der Waals surface area contributed by atoms with Crippen LogP contribution in [0.4, 0.5) is 21.5 Å². The van der Waals surface area contributed by atoms with E-state index in [4.69, 9.17) is 6.57 Å². The summed E-state index contributed by atoms with van der Waals surface area (Å²) in [7, 11) is 0. The Morgan fingerprint density at radius 3 is 2.51 bits per heavy atom. The highest BCUT2D eigenvalue weighted by atomic mass is 19.1. The maximum absolute atomic E-state index is 14.0. The zero-order chi connectivity index (χ0) is 33.5. The number of fused-ring (bicyclic) bond motifs is 1. The number of imide groups is 2. The van der Waals surface area contributed by atoms with Gasteiger partial charge in [-0.3, -0.25) is 38.9 Å². The van der Waals surface area contributed by atoms with Gasteiger partial charge in [0, 0.05) is 42.9 Å². The minimum atomic E-state index is -1.09. The third kappa shape index (κ3) is 5.95. The van der Waals surface area contributed by atoms with E-state index in [0.29, 0.717) is 18.7 Å². The standard InChI is InChI=1S/C34H30FN7O5/c1-34(2,33(47)38-22-7-9-27(36-3)26(35)17-22)41-19-23(18-37-41)40-14-12-20(13-15-40)4-5-21-6-8-24-25(16-21)32(46)42(31(24)45)28-10-11-29(43)39-30(28)44/h6-9,16-20,28H,10-15H2,1-2H3,(H,38,47)(H,39,43,44). The fourth-order valence-electron chi connectivity index (χ4n) is 5.86. The number of amides is 5. The molecule has 13 heteroatoms. The highest BCUT2D eigenvalue weighted by Crippen LogP contribution is 2.30. The molecule has 5 amide bonds. The van der Waals surface area contributed by atoms with Crippen LogP contribution in [0, 0.1) is 30.1 Å². The molecule has 4 heterocycles. The van der Waals surface area contributed by atoms with Crippen LogP contribution in [0.3, 0.4) is 0 Å². The third-order valence-corrected chi connectivity index (χ3v) is 8.74. The van der Waals surface area contributed by atoms with Crippen molar-refractivity contribution in [1.29, 1.82) is 0 Å². The van der Waals surface area contributed by atoms with E-state index in [1.807, 2.05) is 0 Å². The van der Waals surface area contributed by atoms with Crippen molar-refractivity contribution in [3.05, 3.63) is 82.7 Å². The summed E-state index contributed by atoms with van der Waals surface area (Å²) in [6, 6.07) is 7.71. The largest absolute Gasteiger partial charge is 0.369 e. The molecule has 2 N–H and O–H groups in total. The highest BCUT2D eigenvalue weighted by molar-refractivity contribution is 6.23. The molecule has 6 rings (SSSR count). The normalized spacial score (nSPS) is 18.3. The van der Waals surface area contributed by atoms with Crippen LogP contribution in [0.2, 0.25) is 0 Å². The van der Waals surface area contributed by atoms with Crippen molar-refractivity contribution in [2.75, 3.05) is 23.3 Å². The van der Waals surface area contributed by atoms with Crippen molar-refractivity contribution in [3.8, 4) is 11.8 Å². The molecule has 0 radical (unpaired) electrons. The van der Waals surface area contributed by atoms with Crippen molar-refractivity contribution in [3.63, 3.8) is 0 Å². The first-order valence-electron chi connectivity index (χ1n) is 15.1. The van der Waals surface area contributed by atoms with Gasteiger partial charge in [-0.15, -0.1) is 0 Å². The lowest BCUT2D eigenvalue weighted by molar-refractivity contribution is -0.136. The van der Waals surface area contributed by atoms with Crippen LogP contribution in [-0.4, -0.2) is 63.3 Å². The van der Waals surface area contributed by atoms with Crippen LogP contribution in [-0.2, 0) is 19.9 Å². The molecule has 3 aliphatic heterocycles. The fourth-order valence-corrected chi connectivity index (χ4v) is 5.86. The fraction of sp³-hybridized carbons (Fsp3) is 0.324. The van der Waals surface area contributed by atoms with Gasteiger partial charge in [0.2, 0.25) is 17.5 Å². The van der Waals surface area contributed by atoms with Gasteiger partial charge in [-0.1, -0.05) is 17.9 Å². The van der Waals surface area contributed by atoms with Gasteiger partial charge in [0.05, 0.1) is 29.6 Å². The monoisotopic (exact) mass is 635 g/mol. The number of carbonyl (C=O) groups excluding carboxylic acids is 5. The van der Waals surface area contributed by atoms with Gasteiger partial charge in [-0.25, -0.2) is 9.24 Å². The number of rotatable bonds is 5. The predicted octanol–water partition coefficient (Wildman–Crippen LogP) is 3.62. The number of nitrogens with zero attached hydrogens (tertiary/aromatic N) is 5. The van der Waals surface area contributed by atoms with E-state index in [-0.39, 0.29) is 41.3 Å². The molecule has 238 valence electrons. The van der Waals surface area contributed by atoms with E-state index >= 15 is 0 Å². The molecule has 2 fully saturated rings. The molecule has 2 saturated heterocycles. The number of hydrogen-bond donors (Lipinski definition) is 2. The molecule has 1 unspecified atom stereocenters. The first-order valence-corrected chi connectivity index (χ1v) is 15.1. The van der Waals surface area contributed by atoms with Gasteiger partial charge >= 0.3 is 0 Å². The van der Waals surface area contributed by atoms with Crippen LogP contribution < -0.4 is 15.5 Å². The van der Waals surface area contributed by atoms with Crippen molar-refractivity contribution in [2.24, 2.45) is 5.92 Å². The second-order valence-corrected chi connectivity index (χ2v) is 12.2. The van der Waals surface area contributed by atoms with E-state index in [1.165, 1.54) is 12.1 Å². The van der Waals surface area contributed by atoms with Gasteiger partial charge in [0.25, 0.3) is 17.7 Å². The van der Waals surface area contributed by atoms with Gasteiger partial charge in [0.15, 0.2) is 0 Å². The van der Waals surface area contributed by atoms with Crippen molar-refractivity contribution in [2.45, 2.75) is 51.1 Å². The molecule has 0 bridgehead atoms. The van der Waals surface area contributed by atoms with Crippen LogP contribution in [0.25, 0.3) is 4.85 Å². The Labute approximate surface area is 269 Å². The van der Waals surface area contributed by atoms with Crippen LogP contribution in [0.15, 0.2) is 48.8 Å². The van der Waals surface area contributed by atoms with Crippen molar-refractivity contribution in [1.82, 2.24) is 20.0 Å². The topological polar surface area (TPSA) is 138 Å². The van der Waals surface area contributed by atoms with E-state index in [9.17, 15) is 28.4 Å². The van der Waals surface area contributed by atoms with E-state index in [0.717, 1.165) is 29.5 Å². The maximum Gasteiger partial charge on any atom is 0.262 e. The number of halogens is 1. The number of carbonyl (C=O) groups is 5. The Bertz CT molecular complexity index is 1940. The van der Waals surface area contributed by atoms with Crippen molar-refractivity contribution < 1.29 is 28.4 Å². The first-order chi connectivity index (χ1) is 22.5. The lowest BCUT2D eigenvalue weighted by atomic mass is 9.96. The molecule has 0 aliphatic carbocycles. The summed E-state index contributed by atoms with van der Waals surface area (Å²) in [6.07, 6.45) is 5.21. The Morgan fingerprint density at radius 1 is 1.06 bits per heavy atom. The van der Waals surface area contributed by atoms with Gasteiger partial charge < -0.3 is 10.2 Å². The van der Waals surface area contributed by atoms with Gasteiger partial charge in [-0.05, 0) is 63.4 Å². The second-order valence-electron chi connectivity index (χ2n) is 12.2. The first kappa shape index (κ1) is 31.2. The van der Waals surface area contributed by atoms with Gasteiger partial charge in [0.1, 0.15) is 17.4 Å². The zero-order valence-electron chi connectivity index (χ0n) is 25.7. The lowest BCUT2D eigenvalue weighted by Gasteiger charge is -2.30. The maximum atomic E-state index is 14.0. The number of benzene rings is 2. The molecular weight excluding hydrogens is 605 g/mol. The Balaban J connectivity index is 1.06. The van der Waals surface area contributed by atoms with E-state index in [2.05, 4.69) is 37.3 Å². The zero-order valence-corrected chi connectivity index (χ0v) is 25.7. The molecule has 12 nitrogen and oxygen atoms in total.